The van der Waals surface area contributed by atoms with E-state index in [4.69, 9.17) is 4.74 Å². The number of nitrogens with zero attached hydrogens (tertiary/aromatic N) is 1. The van der Waals surface area contributed by atoms with Crippen LogP contribution in [0.5, 0.6) is 0 Å². The van der Waals surface area contributed by atoms with Crippen LogP contribution in [-0.4, -0.2) is 38.6 Å². The summed E-state index contributed by atoms with van der Waals surface area (Å²) in [6.45, 7) is 2.39. The molecule has 0 saturated carbocycles. The molecule has 1 aromatic carbocycles. The zero-order valence-electron chi connectivity index (χ0n) is 13.7. The topological polar surface area (TPSA) is 58.6 Å². The first kappa shape index (κ1) is 20.0. The van der Waals surface area contributed by atoms with Gasteiger partial charge in [-0.1, -0.05) is 0 Å². The van der Waals surface area contributed by atoms with Gasteiger partial charge in [0.2, 0.25) is 11.8 Å². The highest BCUT2D eigenvalue weighted by molar-refractivity contribution is 5.92. The van der Waals surface area contributed by atoms with Gasteiger partial charge in [0.05, 0.1) is 5.56 Å². The van der Waals surface area contributed by atoms with Crippen LogP contribution in [0.4, 0.5) is 18.9 Å². The molecule has 0 aliphatic rings. The molecule has 0 unspecified atom stereocenters. The SMILES string of the molecule is COCCCNC(=O)CCN(C(C)=O)c1ccc(C(F)(F)F)cc1. The number of nitrogens with one attached hydrogen (secondary N) is 1. The Morgan fingerprint density at radius 3 is 2.33 bits per heavy atom. The highest BCUT2D eigenvalue weighted by Crippen LogP contribution is 2.30. The molecule has 0 bridgehead atoms. The average Bonchev–Trinajstić information content (AvgIpc) is 2.51. The summed E-state index contributed by atoms with van der Waals surface area (Å²) in [5.41, 5.74) is -0.465. The Bertz CT molecular complexity index is 544. The van der Waals surface area contributed by atoms with Gasteiger partial charge in [0.1, 0.15) is 0 Å². The van der Waals surface area contributed by atoms with E-state index in [1.54, 1.807) is 7.11 Å². The summed E-state index contributed by atoms with van der Waals surface area (Å²) in [6, 6.07) is 4.27. The number of methoxy groups -OCH3 is 1. The van der Waals surface area contributed by atoms with Crippen LogP contribution in [0.3, 0.4) is 0 Å². The first-order valence-electron chi connectivity index (χ1n) is 7.46. The molecule has 2 amide bonds. The molecule has 0 atom stereocenters. The van der Waals surface area contributed by atoms with Crippen molar-refractivity contribution < 1.29 is 27.5 Å². The fraction of sp³-hybridized carbons (Fsp3) is 0.500. The second-order valence-corrected chi connectivity index (χ2v) is 5.16. The average molecular weight is 346 g/mol. The third kappa shape index (κ3) is 6.57. The van der Waals surface area contributed by atoms with Gasteiger partial charge in [0, 0.05) is 45.8 Å². The fourth-order valence-corrected chi connectivity index (χ4v) is 2.04. The second kappa shape index (κ2) is 9.27. The molecule has 0 spiro atoms. The normalized spacial score (nSPS) is 11.2. The van der Waals surface area contributed by atoms with Crippen molar-refractivity contribution in [2.75, 3.05) is 31.7 Å². The molecular weight excluding hydrogens is 325 g/mol. The molecule has 0 aliphatic carbocycles. The maximum Gasteiger partial charge on any atom is 0.416 e. The molecule has 5 nitrogen and oxygen atoms in total. The van der Waals surface area contributed by atoms with Crippen molar-refractivity contribution in [3.05, 3.63) is 29.8 Å². The summed E-state index contributed by atoms with van der Waals surface area (Å²) in [4.78, 5) is 24.7. The predicted octanol–water partition coefficient (Wildman–Crippen LogP) is 2.60. The van der Waals surface area contributed by atoms with Gasteiger partial charge in [0.25, 0.3) is 0 Å². The molecule has 0 heterocycles. The Balaban J connectivity index is 2.61. The van der Waals surface area contributed by atoms with Crippen LogP contribution >= 0.6 is 0 Å². The molecule has 134 valence electrons. The number of ether oxygens (including phenoxy) is 1. The summed E-state index contributed by atoms with van der Waals surface area (Å²) < 4.78 is 42.6. The Kier molecular flexibility index (Phi) is 7.70. The van der Waals surface area contributed by atoms with Gasteiger partial charge < -0.3 is 15.0 Å². The van der Waals surface area contributed by atoms with Gasteiger partial charge in [-0.15, -0.1) is 0 Å². The van der Waals surface area contributed by atoms with Crippen LogP contribution < -0.4 is 10.2 Å². The van der Waals surface area contributed by atoms with Crippen molar-refractivity contribution in [3.63, 3.8) is 0 Å². The van der Waals surface area contributed by atoms with Crippen LogP contribution in [0.25, 0.3) is 0 Å². The highest BCUT2D eigenvalue weighted by Gasteiger charge is 2.30. The first-order chi connectivity index (χ1) is 11.3. The monoisotopic (exact) mass is 346 g/mol. The van der Waals surface area contributed by atoms with Crippen LogP contribution in [0, 0.1) is 0 Å². The van der Waals surface area contributed by atoms with Gasteiger partial charge in [-0.25, -0.2) is 0 Å². The number of carbonyl (C=O) groups excluding carboxylic acids is 2. The summed E-state index contributed by atoms with van der Waals surface area (Å²) in [7, 11) is 1.57. The van der Waals surface area contributed by atoms with Gasteiger partial charge in [0.15, 0.2) is 0 Å². The number of halogens is 3. The van der Waals surface area contributed by atoms with Gasteiger partial charge in [-0.3, -0.25) is 9.59 Å². The lowest BCUT2D eigenvalue weighted by atomic mass is 10.2. The number of hydrogen-bond acceptors (Lipinski definition) is 3. The van der Waals surface area contributed by atoms with E-state index in [0.717, 1.165) is 12.1 Å². The molecule has 24 heavy (non-hydrogen) atoms. The smallest absolute Gasteiger partial charge is 0.385 e. The van der Waals surface area contributed by atoms with E-state index in [9.17, 15) is 22.8 Å². The minimum Gasteiger partial charge on any atom is -0.385 e. The van der Waals surface area contributed by atoms with E-state index in [1.807, 2.05) is 0 Å². The second-order valence-electron chi connectivity index (χ2n) is 5.16. The van der Waals surface area contributed by atoms with Gasteiger partial charge >= 0.3 is 6.18 Å². The van der Waals surface area contributed by atoms with E-state index in [0.29, 0.717) is 25.3 Å². The van der Waals surface area contributed by atoms with Crippen molar-refractivity contribution >= 4 is 17.5 Å². The summed E-state index contributed by atoms with van der Waals surface area (Å²) >= 11 is 0. The molecule has 0 aliphatic heterocycles. The molecular formula is C16H21F3N2O3. The third-order valence-electron chi connectivity index (χ3n) is 3.30. The molecule has 0 fully saturated rings. The number of carbonyl (C=O) groups is 2. The maximum atomic E-state index is 12.6. The van der Waals surface area contributed by atoms with Crippen molar-refractivity contribution in [3.8, 4) is 0 Å². The molecule has 0 radical (unpaired) electrons. The lowest BCUT2D eigenvalue weighted by Gasteiger charge is -2.21. The Morgan fingerprint density at radius 2 is 1.83 bits per heavy atom. The minimum atomic E-state index is -4.43. The van der Waals surface area contributed by atoms with Crippen molar-refractivity contribution in [1.29, 1.82) is 0 Å². The van der Waals surface area contributed by atoms with E-state index in [2.05, 4.69) is 5.32 Å². The molecule has 0 aromatic heterocycles. The summed E-state index contributed by atoms with van der Waals surface area (Å²) in [6.07, 6.45) is -3.69. The highest BCUT2D eigenvalue weighted by atomic mass is 19.4. The molecule has 0 saturated heterocycles. The standard InChI is InChI=1S/C16H21F3N2O3/c1-12(22)21(10-8-15(23)20-9-3-11-24-2)14-6-4-13(5-7-14)16(17,18)19/h4-7H,3,8-11H2,1-2H3,(H,20,23). The van der Waals surface area contributed by atoms with Crippen LogP contribution in [0.1, 0.15) is 25.3 Å². The summed E-state index contributed by atoms with van der Waals surface area (Å²) in [5, 5.41) is 2.69. The van der Waals surface area contributed by atoms with E-state index >= 15 is 0 Å². The number of alkyl halides is 3. The Labute approximate surface area is 138 Å². The number of benzene rings is 1. The van der Waals surface area contributed by atoms with Crippen LogP contribution in [0.15, 0.2) is 24.3 Å². The summed E-state index contributed by atoms with van der Waals surface area (Å²) in [5.74, 6) is -0.578. The number of anilines is 1. The zero-order valence-corrected chi connectivity index (χ0v) is 13.7. The Hall–Kier alpha value is -2.09. The third-order valence-corrected chi connectivity index (χ3v) is 3.30. The van der Waals surface area contributed by atoms with E-state index < -0.39 is 11.7 Å². The largest absolute Gasteiger partial charge is 0.416 e. The minimum absolute atomic E-state index is 0.0631. The van der Waals surface area contributed by atoms with Crippen molar-refractivity contribution in [2.45, 2.75) is 25.9 Å². The number of amides is 2. The molecule has 1 N–H and O–H groups in total. The quantitative estimate of drug-likeness (QED) is 0.736. The predicted molar refractivity (Wildman–Crippen MR) is 83.6 cm³/mol. The lowest BCUT2D eigenvalue weighted by Crippen LogP contribution is -2.34. The molecule has 8 heteroatoms. The van der Waals surface area contributed by atoms with Gasteiger partial charge in [-0.2, -0.15) is 13.2 Å². The maximum absolute atomic E-state index is 12.6. The Morgan fingerprint density at radius 1 is 1.21 bits per heavy atom. The lowest BCUT2D eigenvalue weighted by molar-refractivity contribution is -0.137. The zero-order chi connectivity index (χ0) is 18.2. The van der Waals surface area contributed by atoms with Crippen LogP contribution in [-0.2, 0) is 20.5 Å². The van der Waals surface area contributed by atoms with Crippen molar-refractivity contribution in [1.82, 2.24) is 5.32 Å². The molecule has 1 rings (SSSR count). The van der Waals surface area contributed by atoms with Gasteiger partial charge in [-0.05, 0) is 30.7 Å². The van der Waals surface area contributed by atoms with Crippen LogP contribution in [0.2, 0.25) is 0 Å². The fourth-order valence-electron chi connectivity index (χ4n) is 2.04. The first-order valence-corrected chi connectivity index (χ1v) is 7.46. The number of hydrogen-bond donors (Lipinski definition) is 1. The molecule has 1 aromatic rings. The van der Waals surface area contributed by atoms with Crippen molar-refractivity contribution in [2.24, 2.45) is 0 Å². The van der Waals surface area contributed by atoms with E-state index in [-0.39, 0.29) is 24.8 Å². The van der Waals surface area contributed by atoms with E-state index in [1.165, 1.54) is 24.0 Å². The number of rotatable bonds is 8.